The third-order valence-electron chi connectivity index (χ3n) is 5.56. The highest BCUT2D eigenvalue weighted by atomic mass is 79.9. The summed E-state index contributed by atoms with van der Waals surface area (Å²) in [7, 11) is 0. The summed E-state index contributed by atoms with van der Waals surface area (Å²) in [5.74, 6) is 2.97. The smallest absolute Gasteiger partial charge is 0.131 e. The fourth-order valence-corrected chi connectivity index (χ4v) is 6.62. The van der Waals surface area contributed by atoms with Crippen LogP contribution in [0.15, 0.2) is 0 Å². The van der Waals surface area contributed by atoms with Gasteiger partial charge in [0, 0.05) is 5.41 Å². The van der Waals surface area contributed by atoms with Crippen LogP contribution >= 0.6 is 27.3 Å². The van der Waals surface area contributed by atoms with Crippen LogP contribution in [0.3, 0.4) is 0 Å². The molecule has 5 rings (SSSR count). The van der Waals surface area contributed by atoms with Crippen LogP contribution in [0.5, 0.6) is 0 Å². The average molecular weight is 341 g/mol. The third kappa shape index (κ3) is 2.01. The van der Waals surface area contributed by atoms with Crippen LogP contribution in [0.4, 0.5) is 0 Å². The molecule has 0 aromatic carbocycles. The third-order valence-corrected chi connectivity index (χ3v) is 8.23. The number of alkyl halides is 1. The summed E-state index contributed by atoms with van der Waals surface area (Å²) in [6, 6.07) is 0. The van der Waals surface area contributed by atoms with Crippen LogP contribution in [0.1, 0.15) is 66.7 Å². The molecule has 4 bridgehead atoms. The van der Waals surface area contributed by atoms with E-state index in [9.17, 15) is 0 Å². The lowest BCUT2D eigenvalue weighted by Crippen LogP contribution is -2.48. The van der Waals surface area contributed by atoms with E-state index in [2.05, 4.69) is 33.1 Å². The second-order valence-corrected chi connectivity index (χ2v) is 9.13. The van der Waals surface area contributed by atoms with Crippen molar-refractivity contribution in [2.45, 2.75) is 62.1 Å². The molecule has 4 heteroatoms. The van der Waals surface area contributed by atoms with Crippen molar-refractivity contribution in [3.05, 3.63) is 10.0 Å². The van der Waals surface area contributed by atoms with E-state index in [1.807, 2.05) is 11.3 Å². The fourth-order valence-electron chi connectivity index (χ4n) is 5.12. The highest BCUT2D eigenvalue weighted by Crippen LogP contribution is 2.61. The molecule has 4 aliphatic carbocycles. The summed E-state index contributed by atoms with van der Waals surface area (Å²) in [6.07, 6.45) is 9.78. The molecular formula is C15H21BrN2S. The normalized spacial score (nSPS) is 41.7. The van der Waals surface area contributed by atoms with Crippen molar-refractivity contribution in [3.63, 3.8) is 0 Å². The summed E-state index contributed by atoms with van der Waals surface area (Å²) in [5, 5.41) is 11.6. The highest BCUT2D eigenvalue weighted by molar-refractivity contribution is 9.09. The first-order valence-corrected chi connectivity index (χ1v) is 9.39. The fraction of sp³-hybridized carbons (Fsp3) is 0.867. The Bertz CT molecular complexity index is 449. The van der Waals surface area contributed by atoms with Gasteiger partial charge in [0.2, 0.25) is 0 Å². The summed E-state index contributed by atoms with van der Waals surface area (Å²) in [6.45, 7) is 2.20. The molecule has 0 amide bonds. The van der Waals surface area contributed by atoms with Crippen LogP contribution in [-0.2, 0) is 5.41 Å². The Hall–Kier alpha value is 0.0400. The van der Waals surface area contributed by atoms with E-state index < -0.39 is 0 Å². The molecule has 0 spiro atoms. The van der Waals surface area contributed by atoms with Gasteiger partial charge in [0.25, 0.3) is 0 Å². The molecule has 0 radical (unpaired) electrons. The van der Waals surface area contributed by atoms with Crippen molar-refractivity contribution in [1.29, 1.82) is 0 Å². The van der Waals surface area contributed by atoms with E-state index in [1.165, 1.54) is 48.5 Å². The molecule has 0 aliphatic heterocycles. The van der Waals surface area contributed by atoms with Gasteiger partial charge in [-0.15, -0.1) is 10.2 Å². The Labute approximate surface area is 127 Å². The number of rotatable bonds is 3. The van der Waals surface area contributed by atoms with Gasteiger partial charge in [-0.25, -0.2) is 0 Å². The Morgan fingerprint density at radius 3 is 2.26 bits per heavy atom. The zero-order chi connectivity index (χ0) is 13.0. The van der Waals surface area contributed by atoms with E-state index in [1.54, 1.807) is 0 Å². The van der Waals surface area contributed by atoms with Crippen LogP contribution in [0.25, 0.3) is 0 Å². The molecule has 1 heterocycles. The van der Waals surface area contributed by atoms with Crippen LogP contribution in [0.2, 0.25) is 0 Å². The van der Waals surface area contributed by atoms with E-state index in [-0.39, 0.29) is 0 Å². The number of hydrogen-bond donors (Lipinski definition) is 0. The SMILES string of the molecule is CCC(Br)c1nnc(C23CC4CC(CC(C4)C2)C3)s1. The molecule has 1 unspecified atom stereocenters. The lowest BCUT2D eigenvalue weighted by Gasteiger charge is -2.55. The quantitative estimate of drug-likeness (QED) is 0.735. The molecule has 0 N–H and O–H groups in total. The Morgan fingerprint density at radius 1 is 1.16 bits per heavy atom. The lowest BCUT2D eigenvalue weighted by atomic mass is 9.50. The molecule has 1 atom stereocenters. The van der Waals surface area contributed by atoms with Gasteiger partial charge in [-0.1, -0.05) is 34.2 Å². The van der Waals surface area contributed by atoms with Gasteiger partial charge >= 0.3 is 0 Å². The zero-order valence-corrected chi connectivity index (χ0v) is 13.8. The molecule has 19 heavy (non-hydrogen) atoms. The first kappa shape index (κ1) is 12.8. The zero-order valence-electron chi connectivity index (χ0n) is 11.4. The number of aromatic nitrogens is 2. The predicted molar refractivity (Wildman–Crippen MR) is 81.7 cm³/mol. The van der Waals surface area contributed by atoms with E-state index in [4.69, 9.17) is 0 Å². The molecule has 4 fully saturated rings. The van der Waals surface area contributed by atoms with Crippen molar-refractivity contribution >= 4 is 27.3 Å². The Balaban J connectivity index is 1.66. The predicted octanol–water partition coefficient (Wildman–Crippen LogP) is 4.85. The minimum absolute atomic E-state index is 0.396. The standard InChI is InChI=1S/C15H21BrN2S/c1-2-12(16)13-17-18-14(19-13)15-6-9-3-10(7-15)5-11(4-9)8-15/h9-12H,2-8H2,1H3. The second kappa shape index (κ2) is 4.52. The van der Waals surface area contributed by atoms with Gasteiger partial charge in [-0.3, -0.25) is 0 Å². The van der Waals surface area contributed by atoms with Crippen molar-refractivity contribution < 1.29 is 0 Å². The van der Waals surface area contributed by atoms with Crippen molar-refractivity contribution in [2.75, 3.05) is 0 Å². The number of halogens is 1. The van der Waals surface area contributed by atoms with E-state index >= 15 is 0 Å². The summed E-state index contributed by atoms with van der Waals surface area (Å²) < 4.78 is 0. The molecular weight excluding hydrogens is 320 g/mol. The maximum atomic E-state index is 4.61. The molecule has 4 aliphatic rings. The summed E-state index contributed by atoms with van der Waals surface area (Å²) in [5.41, 5.74) is 0.422. The van der Waals surface area contributed by atoms with Crippen LogP contribution in [0, 0.1) is 17.8 Å². The maximum absolute atomic E-state index is 4.61. The van der Waals surface area contributed by atoms with Crippen LogP contribution < -0.4 is 0 Å². The van der Waals surface area contributed by atoms with E-state index in [0.717, 1.165) is 24.2 Å². The lowest BCUT2D eigenvalue weighted by molar-refractivity contribution is -0.00555. The highest BCUT2D eigenvalue weighted by Gasteiger charge is 2.53. The number of nitrogens with zero attached hydrogens (tertiary/aromatic N) is 2. The van der Waals surface area contributed by atoms with Gasteiger partial charge in [0.1, 0.15) is 10.0 Å². The van der Waals surface area contributed by atoms with Gasteiger partial charge in [-0.2, -0.15) is 0 Å². The first-order valence-electron chi connectivity index (χ1n) is 7.66. The van der Waals surface area contributed by atoms with Crippen molar-refractivity contribution in [2.24, 2.45) is 17.8 Å². The molecule has 2 nitrogen and oxygen atoms in total. The Morgan fingerprint density at radius 2 is 1.74 bits per heavy atom. The second-order valence-electron chi connectivity index (χ2n) is 7.02. The minimum atomic E-state index is 0.396. The Kier molecular flexibility index (Phi) is 3.04. The van der Waals surface area contributed by atoms with E-state index in [0.29, 0.717) is 10.2 Å². The topological polar surface area (TPSA) is 25.8 Å². The van der Waals surface area contributed by atoms with Crippen molar-refractivity contribution in [3.8, 4) is 0 Å². The van der Waals surface area contributed by atoms with Gasteiger partial charge < -0.3 is 0 Å². The summed E-state index contributed by atoms with van der Waals surface area (Å²) in [4.78, 5) is 0.396. The van der Waals surface area contributed by atoms with Gasteiger partial charge in [0.15, 0.2) is 0 Å². The monoisotopic (exact) mass is 340 g/mol. The largest absolute Gasteiger partial charge is 0.143 e. The molecule has 0 saturated heterocycles. The molecule has 1 aromatic heterocycles. The average Bonchev–Trinajstić information content (AvgIpc) is 2.86. The van der Waals surface area contributed by atoms with Gasteiger partial charge in [-0.05, 0) is 62.7 Å². The minimum Gasteiger partial charge on any atom is -0.143 e. The first-order chi connectivity index (χ1) is 9.18. The molecule has 4 saturated carbocycles. The molecule has 104 valence electrons. The molecule has 1 aromatic rings. The van der Waals surface area contributed by atoms with Crippen molar-refractivity contribution in [1.82, 2.24) is 10.2 Å². The maximum Gasteiger partial charge on any atom is 0.131 e. The summed E-state index contributed by atoms with van der Waals surface area (Å²) >= 11 is 5.60. The number of hydrogen-bond acceptors (Lipinski definition) is 3. The van der Waals surface area contributed by atoms with Gasteiger partial charge in [0.05, 0.1) is 4.83 Å². The van der Waals surface area contributed by atoms with Crippen LogP contribution in [-0.4, -0.2) is 10.2 Å².